The maximum absolute atomic E-state index is 11.6. The number of amides is 4. The van der Waals surface area contributed by atoms with Crippen LogP contribution in [0.2, 0.25) is 0 Å². The SMILES string of the molecule is O=C(NCCCl)N1CCN(C(=O)NCCCl)CC1. The molecule has 8 heteroatoms. The van der Waals surface area contributed by atoms with Crippen LogP contribution in [0, 0.1) is 0 Å². The van der Waals surface area contributed by atoms with Crippen molar-refractivity contribution in [3.63, 3.8) is 0 Å². The zero-order valence-corrected chi connectivity index (χ0v) is 11.6. The number of halogens is 2. The minimum atomic E-state index is -0.128. The van der Waals surface area contributed by atoms with Gasteiger partial charge in [-0.3, -0.25) is 0 Å². The van der Waals surface area contributed by atoms with Crippen molar-refractivity contribution >= 4 is 35.3 Å². The highest BCUT2D eigenvalue weighted by molar-refractivity contribution is 6.18. The van der Waals surface area contributed by atoms with Gasteiger partial charge in [0.2, 0.25) is 0 Å². The molecule has 0 radical (unpaired) electrons. The van der Waals surface area contributed by atoms with Crippen LogP contribution in [0.4, 0.5) is 9.59 Å². The number of carbonyl (C=O) groups excluding carboxylic acids is 2. The maximum Gasteiger partial charge on any atom is 0.317 e. The summed E-state index contributed by atoms with van der Waals surface area (Å²) >= 11 is 11.0. The smallest absolute Gasteiger partial charge is 0.317 e. The van der Waals surface area contributed by atoms with Crippen LogP contribution in [-0.4, -0.2) is 72.9 Å². The largest absolute Gasteiger partial charge is 0.337 e. The summed E-state index contributed by atoms with van der Waals surface area (Å²) in [6, 6.07) is -0.257. The summed E-state index contributed by atoms with van der Waals surface area (Å²) in [4.78, 5) is 26.6. The zero-order valence-electron chi connectivity index (χ0n) is 10.1. The Bertz CT molecular complexity index is 255. The fourth-order valence-electron chi connectivity index (χ4n) is 1.64. The second kappa shape index (κ2) is 8.26. The number of hydrogen-bond acceptors (Lipinski definition) is 2. The van der Waals surface area contributed by atoms with Gasteiger partial charge in [-0.05, 0) is 0 Å². The second-order valence-corrected chi connectivity index (χ2v) is 4.57. The van der Waals surface area contributed by atoms with Crippen molar-refractivity contribution < 1.29 is 9.59 Å². The summed E-state index contributed by atoms with van der Waals surface area (Å²) in [5.41, 5.74) is 0. The van der Waals surface area contributed by atoms with Crippen LogP contribution >= 0.6 is 23.2 Å². The van der Waals surface area contributed by atoms with Crippen LogP contribution in [0.15, 0.2) is 0 Å². The molecule has 0 atom stereocenters. The van der Waals surface area contributed by atoms with Gasteiger partial charge < -0.3 is 20.4 Å². The molecule has 1 heterocycles. The Morgan fingerprint density at radius 3 is 1.44 bits per heavy atom. The average molecular weight is 297 g/mol. The first-order valence-electron chi connectivity index (χ1n) is 5.86. The topological polar surface area (TPSA) is 64.7 Å². The number of rotatable bonds is 4. The van der Waals surface area contributed by atoms with Gasteiger partial charge in [-0.2, -0.15) is 0 Å². The molecule has 104 valence electrons. The van der Waals surface area contributed by atoms with Crippen molar-refractivity contribution in [1.82, 2.24) is 20.4 Å². The number of nitrogens with zero attached hydrogens (tertiary/aromatic N) is 2. The van der Waals surface area contributed by atoms with Crippen LogP contribution in [0.1, 0.15) is 0 Å². The maximum atomic E-state index is 11.6. The molecule has 6 nitrogen and oxygen atoms in total. The van der Waals surface area contributed by atoms with Gasteiger partial charge in [0.15, 0.2) is 0 Å². The molecule has 0 spiro atoms. The van der Waals surface area contributed by atoms with E-state index in [0.29, 0.717) is 51.0 Å². The average Bonchev–Trinajstić information content (AvgIpc) is 2.42. The predicted octanol–water partition coefficient (Wildman–Crippen LogP) is 0.501. The molecule has 1 rings (SSSR count). The van der Waals surface area contributed by atoms with Crippen LogP contribution < -0.4 is 10.6 Å². The van der Waals surface area contributed by atoms with Crippen molar-refractivity contribution in [2.24, 2.45) is 0 Å². The van der Waals surface area contributed by atoms with E-state index in [4.69, 9.17) is 23.2 Å². The molecule has 0 aromatic rings. The number of piperazine rings is 1. The summed E-state index contributed by atoms with van der Waals surface area (Å²) in [5, 5.41) is 5.40. The van der Waals surface area contributed by atoms with Crippen molar-refractivity contribution in [2.75, 3.05) is 51.0 Å². The van der Waals surface area contributed by atoms with Gasteiger partial charge in [0.05, 0.1) is 0 Å². The molecule has 4 amide bonds. The van der Waals surface area contributed by atoms with E-state index in [-0.39, 0.29) is 12.1 Å². The van der Waals surface area contributed by atoms with E-state index in [1.807, 2.05) is 0 Å². The first kappa shape index (κ1) is 15.2. The molecule has 0 saturated carbocycles. The lowest BCUT2D eigenvalue weighted by atomic mass is 10.3. The fourth-order valence-corrected chi connectivity index (χ4v) is 1.83. The third-order valence-corrected chi connectivity index (χ3v) is 2.97. The Kier molecular flexibility index (Phi) is 6.97. The van der Waals surface area contributed by atoms with Gasteiger partial charge in [-0.25, -0.2) is 9.59 Å². The monoisotopic (exact) mass is 296 g/mol. The van der Waals surface area contributed by atoms with Gasteiger partial charge in [0.25, 0.3) is 0 Å². The van der Waals surface area contributed by atoms with E-state index in [9.17, 15) is 9.59 Å². The van der Waals surface area contributed by atoms with Gasteiger partial charge in [0, 0.05) is 51.0 Å². The Hall–Kier alpha value is -0.880. The normalized spacial score (nSPS) is 15.4. The Morgan fingerprint density at radius 2 is 1.17 bits per heavy atom. The number of urea groups is 2. The van der Waals surface area contributed by atoms with E-state index in [1.54, 1.807) is 9.80 Å². The minimum Gasteiger partial charge on any atom is -0.337 e. The lowest BCUT2D eigenvalue weighted by molar-refractivity contribution is 0.143. The van der Waals surface area contributed by atoms with E-state index < -0.39 is 0 Å². The molecule has 1 aliphatic rings. The highest BCUT2D eigenvalue weighted by Crippen LogP contribution is 2.02. The summed E-state index contributed by atoms with van der Waals surface area (Å²) in [5.74, 6) is 0.791. The highest BCUT2D eigenvalue weighted by atomic mass is 35.5. The van der Waals surface area contributed by atoms with Crippen molar-refractivity contribution in [3.05, 3.63) is 0 Å². The molecular weight excluding hydrogens is 279 g/mol. The second-order valence-electron chi connectivity index (χ2n) is 3.82. The quantitative estimate of drug-likeness (QED) is 0.742. The van der Waals surface area contributed by atoms with Crippen LogP contribution in [-0.2, 0) is 0 Å². The molecule has 1 fully saturated rings. The molecule has 18 heavy (non-hydrogen) atoms. The number of alkyl halides is 2. The van der Waals surface area contributed by atoms with Gasteiger partial charge >= 0.3 is 12.1 Å². The number of nitrogens with one attached hydrogen (secondary N) is 2. The van der Waals surface area contributed by atoms with E-state index in [2.05, 4.69) is 10.6 Å². The van der Waals surface area contributed by atoms with Gasteiger partial charge in [-0.1, -0.05) is 0 Å². The van der Waals surface area contributed by atoms with Crippen LogP contribution in [0.3, 0.4) is 0 Å². The summed E-state index contributed by atoms with van der Waals surface area (Å²) < 4.78 is 0. The Labute approximate surface area is 117 Å². The van der Waals surface area contributed by atoms with E-state index >= 15 is 0 Å². The van der Waals surface area contributed by atoms with Crippen molar-refractivity contribution in [2.45, 2.75) is 0 Å². The molecule has 0 aromatic heterocycles. The first-order chi connectivity index (χ1) is 8.69. The Balaban J connectivity index is 2.27. The third-order valence-electron chi connectivity index (χ3n) is 2.60. The molecule has 0 aliphatic carbocycles. The molecule has 1 saturated heterocycles. The zero-order chi connectivity index (χ0) is 13.4. The van der Waals surface area contributed by atoms with Gasteiger partial charge in [-0.15, -0.1) is 23.2 Å². The number of carbonyl (C=O) groups is 2. The van der Waals surface area contributed by atoms with Crippen molar-refractivity contribution in [1.29, 1.82) is 0 Å². The van der Waals surface area contributed by atoms with Crippen LogP contribution in [0.25, 0.3) is 0 Å². The molecule has 1 aliphatic heterocycles. The van der Waals surface area contributed by atoms with Gasteiger partial charge in [0.1, 0.15) is 0 Å². The summed E-state index contributed by atoms with van der Waals surface area (Å²) in [6.45, 7) is 3.03. The molecule has 0 unspecified atom stereocenters. The lowest BCUT2D eigenvalue weighted by Gasteiger charge is -2.34. The molecule has 0 bridgehead atoms. The summed E-state index contributed by atoms with van der Waals surface area (Å²) in [6.07, 6.45) is 0. The number of hydrogen-bond donors (Lipinski definition) is 2. The predicted molar refractivity (Wildman–Crippen MR) is 71.4 cm³/mol. The minimum absolute atomic E-state index is 0.128. The molecule has 2 N–H and O–H groups in total. The van der Waals surface area contributed by atoms with E-state index in [1.165, 1.54) is 0 Å². The van der Waals surface area contributed by atoms with Crippen LogP contribution in [0.5, 0.6) is 0 Å². The standard InChI is InChI=1S/C10H18Cl2N4O2/c11-1-3-13-9(17)15-5-7-16(8-6-15)10(18)14-4-2-12/h1-8H2,(H,13,17)(H,14,18). The van der Waals surface area contributed by atoms with Crippen molar-refractivity contribution in [3.8, 4) is 0 Å². The Morgan fingerprint density at radius 1 is 0.833 bits per heavy atom. The molecule has 0 aromatic carbocycles. The fraction of sp³-hybridized carbons (Fsp3) is 0.800. The lowest BCUT2D eigenvalue weighted by Crippen LogP contribution is -2.55. The first-order valence-corrected chi connectivity index (χ1v) is 6.93. The summed E-state index contributed by atoms with van der Waals surface area (Å²) in [7, 11) is 0. The third kappa shape index (κ3) is 4.78. The highest BCUT2D eigenvalue weighted by Gasteiger charge is 2.23. The molecular formula is C10H18Cl2N4O2. The van der Waals surface area contributed by atoms with E-state index in [0.717, 1.165) is 0 Å².